The Labute approximate surface area is 141 Å². The number of nitrogens with one attached hydrogen (secondary N) is 1. The lowest BCUT2D eigenvalue weighted by molar-refractivity contribution is -0.192. The van der Waals surface area contributed by atoms with Crippen molar-refractivity contribution in [1.82, 2.24) is 15.3 Å². The number of rotatable bonds is 3. The van der Waals surface area contributed by atoms with Crippen molar-refractivity contribution in [3.8, 4) is 17.3 Å². The smallest absolute Gasteiger partial charge is 0.475 e. The number of aliphatic carboxylic acids is 1. The first-order valence-electron chi connectivity index (χ1n) is 7.33. The molecule has 0 saturated carbocycles. The van der Waals surface area contributed by atoms with Crippen molar-refractivity contribution in [3.63, 3.8) is 0 Å². The van der Waals surface area contributed by atoms with E-state index in [1.807, 2.05) is 12.1 Å². The van der Waals surface area contributed by atoms with E-state index in [4.69, 9.17) is 14.6 Å². The summed E-state index contributed by atoms with van der Waals surface area (Å²) in [6.45, 7) is 3.84. The number of hydrogen-bond acceptors (Lipinski definition) is 5. The molecule has 0 spiro atoms. The maximum Gasteiger partial charge on any atom is 0.490 e. The normalized spacial score (nSPS) is 14.1. The first-order valence-corrected chi connectivity index (χ1v) is 7.33. The zero-order valence-electron chi connectivity index (χ0n) is 13.2. The molecule has 1 saturated heterocycles. The lowest BCUT2D eigenvalue weighted by atomic mass is 10.1. The van der Waals surface area contributed by atoms with Gasteiger partial charge < -0.3 is 15.2 Å². The Kier molecular flexibility index (Phi) is 5.92. The number of halogens is 3. The number of carboxylic acids is 1. The molecule has 9 heteroatoms. The molecule has 134 valence electrons. The van der Waals surface area contributed by atoms with Crippen molar-refractivity contribution < 1.29 is 27.8 Å². The number of carbonyl (C=O) groups is 1. The molecule has 0 amide bonds. The number of aryl methyl sites for hydroxylation is 1. The summed E-state index contributed by atoms with van der Waals surface area (Å²) in [5.74, 6) is -1.40. The van der Waals surface area contributed by atoms with Gasteiger partial charge in [-0.05, 0) is 13.0 Å². The minimum Gasteiger partial charge on any atom is -0.475 e. The molecule has 0 aliphatic carbocycles. The second-order valence-corrected chi connectivity index (χ2v) is 5.29. The second-order valence-electron chi connectivity index (χ2n) is 5.29. The zero-order chi connectivity index (χ0) is 18.4. The van der Waals surface area contributed by atoms with E-state index < -0.39 is 12.1 Å². The van der Waals surface area contributed by atoms with Gasteiger partial charge >= 0.3 is 12.1 Å². The van der Waals surface area contributed by atoms with E-state index in [1.54, 1.807) is 12.3 Å². The maximum atomic E-state index is 10.6. The molecule has 0 atom stereocenters. The van der Waals surface area contributed by atoms with Crippen LogP contribution in [-0.4, -0.2) is 46.4 Å². The average molecular weight is 355 g/mol. The molecule has 25 heavy (non-hydrogen) atoms. The third-order valence-corrected chi connectivity index (χ3v) is 3.18. The number of benzene rings is 1. The summed E-state index contributed by atoms with van der Waals surface area (Å²) in [5, 5.41) is 10.3. The van der Waals surface area contributed by atoms with Crippen LogP contribution in [0.2, 0.25) is 0 Å². The van der Waals surface area contributed by atoms with Gasteiger partial charge in [0.25, 0.3) is 0 Å². The van der Waals surface area contributed by atoms with Crippen LogP contribution in [0.5, 0.6) is 5.88 Å². The summed E-state index contributed by atoms with van der Waals surface area (Å²) in [7, 11) is 0. The van der Waals surface area contributed by atoms with Gasteiger partial charge in [-0.3, -0.25) is 0 Å². The van der Waals surface area contributed by atoms with Crippen molar-refractivity contribution in [2.45, 2.75) is 19.2 Å². The van der Waals surface area contributed by atoms with Gasteiger partial charge in [-0.2, -0.15) is 18.2 Å². The minimum absolute atomic E-state index is 0.241. The predicted octanol–water partition coefficient (Wildman–Crippen LogP) is 2.44. The molecule has 2 aromatic rings. The molecule has 0 bridgehead atoms. The summed E-state index contributed by atoms with van der Waals surface area (Å²) in [6, 6.07) is 9.96. The minimum atomic E-state index is -5.08. The Morgan fingerprint density at radius 2 is 2.00 bits per heavy atom. The van der Waals surface area contributed by atoms with Gasteiger partial charge in [0.1, 0.15) is 6.10 Å². The number of hydrogen-bond donors (Lipinski definition) is 2. The van der Waals surface area contributed by atoms with Crippen LogP contribution >= 0.6 is 0 Å². The molecule has 2 N–H and O–H groups in total. The first kappa shape index (κ1) is 18.7. The third kappa shape index (κ3) is 5.71. The summed E-state index contributed by atoms with van der Waals surface area (Å²) in [4.78, 5) is 17.6. The van der Waals surface area contributed by atoms with E-state index in [0.29, 0.717) is 11.7 Å². The van der Waals surface area contributed by atoms with Gasteiger partial charge in [0.05, 0.1) is 0 Å². The zero-order valence-corrected chi connectivity index (χ0v) is 13.2. The number of aromatic nitrogens is 2. The van der Waals surface area contributed by atoms with Gasteiger partial charge in [-0.15, -0.1) is 0 Å². The SMILES string of the molecule is Cc1cccc(-c2nccc(OC3CNC3)n2)c1.O=C(O)C(F)(F)F. The Balaban J connectivity index is 0.000000277. The lowest BCUT2D eigenvalue weighted by Crippen LogP contribution is -2.50. The monoisotopic (exact) mass is 355 g/mol. The summed E-state index contributed by atoms with van der Waals surface area (Å²) >= 11 is 0. The third-order valence-electron chi connectivity index (χ3n) is 3.18. The van der Waals surface area contributed by atoms with Gasteiger partial charge in [-0.1, -0.05) is 23.8 Å². The molecule has 1 fully saturated rings. The maximum absolute atomic E-state index is 10.6. The summed E-state index contributed by atoms with van der Waals surface area (Å²) in [6.07, 6.45) is -3.10. The van der Waals surface area contributed by atoms with E-state index in [9.17, 15) is 13.2 Å². The number of nitrogens with zero attached hydrogens (tertiary/aromatic N) is 2. The topological polar surface area (TPSA) is 84.3 Å². The number of alkyl halides is 3. The fourth-order valence-electron chi connectivity index (χ4n) is 1.85. The van der Waals surface area contributed by atoms with Crippen LogP contribution < -0.4 is 10.1 Å². The van der Waals surface area contributed by atoms with Crippen LogP contribution in [0.15, 0.2) is 36.5 Å². The molecular weight excluding hydrogens is 339 g/mol. The van der Waals surface area contributed by atoms with E-state index >= 15 is 0 Å². The molecule has 6 nitrogen and oxygen atoms in total. The van der Waals surface area contributed by atoms with Gasteiger partial charge in [-0.25, -0.2) is 9.78 Å². The van der Waals surface area contributed by atoms with Gasteiger partial charge in [0.15, 0.2) is 5.82 Å². The van der Waals surface area contributed by atoms with Crippen molar-refractivity contribution in [2.24, 2.45) is 0 Å². The highest BCUT2D eigenvalue weighted by Gasteiger charge is 2.38. The molecule has 0 radical (unpaired) electrons. The van der Waals surface area contributed by atoms with Crippen LogP contribution in [0, 0.1) is 6.92 Å². The molecule has 1 aromatic heterocycles. The first-order chi connectivity index (χ1) is 11.8. The van der Waals surface area contributed by atoms with Crippen molar-refractivity contribution in [1.29, 1.82) is 0 Å². The van der Waals surface area contributed by atoms with E-state index in [-0.39, 0.29) is 6.10 Å². The molecule has 0 unspecified atom stereocenters. The predicted molar refractivity (Wildman–Crippen MR) is 83.2 cm³/mol. The Bertz CT molecular complexity index is 734. The van der Waals surface area contributed by atoms with Crippen molar-refractivity contribution in [2.75, 3.05) is 13.1 Å². The Morgan fingerprint density at radius 3 is 2.52 bits per heavy atom. The average Bonchev–Trinajstić information content (AvgIpc) is 2.51. The van der Waals surface area contributed by atoms with Crippen LogP contribution in [0.3, 0.4) is 0 Å². The molecule has 1 aliphatic rings. The van der Waals surface area contributed by atoms with Crippen LogP contribution in [0.1, 0.15) is 5.56 Å². The van der Waals surface area contributed by atoms with Crippen LogP contribution in [0.4, 0.5) is 13.2 Å². The quantitative estimate of drug-likeness (QED) is 0.880. The highest BCUT2D eigenvalue weighted by molar-refractivity contribution is 5.73. The Hall–Kier alpha value is -2.68. The van der Waals surface area contributed by atoms with E-state index in [2.05, 4.69) is 34.3 Å². The summed E-state index contributed by atoms with van der Waals surface area (Å²) in [5.41, 5.74) is 2.22. The van der Waals surface area contributed by atoms with Gasteiger partial charge in [0.2, 0.25) is 5.88 Å². The van der Waals surface area contributed by atoms with Crippen LogP contribution in [-0.2, 0) is 4.79 Å². The molecule has 1 aliphatic heterocycles. The fourth-order valence-corrected chi connectivity index (χ4v) is 1.85. The van der Waals surface area contributed by atoms with E-state index in [1.165, 1.54) is 5.56 Å². The lowest BCUT2D eigenvalue weighted by Gasteiger charge is -2.27. The van der Waals surface area contributed by atoms with Crippen LogP contribution in [0.25, 0.3) is 11.4 Å². The van der Waals surface area contributed by atoms with Crippen molar-refractivity contribution >= 4 is 5.97 Å². The number of carboxylic acid groups (broad SMARTS) is 1. The molecular formula is C16H16F3N3O3. The van der Waals surface area contributed by atoms with Crippen molar-refractivity contribution in [3.05, 3.63) is 42.1 Å². The molecule has 3 rings (SSSR count). The standard InChI is InChI=1S/C14H15N3O.C2HF3O2/c1-10-3-2-4-11(7-10)14-16-6-5-13(17-14)18-12-8-15-9-12;3-2(4,5)1(6)7/h2-7,12,15H,8-9H2,1H3;(H,6,7). The largest absolute Gasteiger partial charge is 0.490 e. The van der Waals surface area contributed by atoms with Gasteiger partial charge in [0, 0.05) is 30.9 Å². The fraction of sp³-hybridized carbons (Fsp3) is 0.312. The number of ether oxygens (including phenoxy) is 1. The highest BCUT2D eigenvalue weighted by Crippen LogP contribution is 2.19. The Morgan fingerprint density at radius 1 is 1.32 bits per heavy atom. The van der Waals surface area contributed by atoms with E-state index in [0.717, 1.165) is 18.7 Å². The molecule has 2 heterocycles. The highest BCUT2D eigenvalue weighted by atomic mass is 19.4. The summed E-state index contributed by atoms with van der Waals surface area (Å²) < 4.78 is 37.5. The molecule has 1 aromatic carbocycles. The second kappa shape index (κ2) is 7.93.